The Morgan fingerprint density at radius 2 is 2.50 bits per heavy atom. The van der Waals surface area contributed by atoms with Gasteiger partial charge in [0.05, 0.1) is 25.4 Å². The topological polar surface area (TPSA) is 30.5 Å². The molecule has 0 saturated carbocycles. The predicted molar refractivity (Wildman–Crippen MR) is 32.1 cm³/mol. The fourth-order valence-corrected chi connectivity index (χ4v) is 0.859. The molecule has 0 bridgehead atoms. The van der Waals surface area contributed by atoms with Gasteiger partial charge >= 0.3 is 0 Å². The van der Waals surface area contributed by atoms with Gasteiger partial charge in [0.1, 0.15) is 6.23 Å². The molecule has 48 valence electrons. The van der Waals surface area contributed by atoms with E-state index in [0.717, 1.165) is 0 Å². The molecular formula is C4H9NO2S. The second kappa shape index (κ2) is 3.29. The third kappa shape index (κ3) is 2.00. The summed E-state index contributed by atoms with van der Waals surface area (Å²) in [6, 6.07) is 0. The molecule has 0 radical (unpaired) electrons. The molecule has 1 atom stereocenters. The molecule has 0 aromatic rings. The van der Waals surface area contributed by atoms with Crippen molar-refractivity contribution in [3.05, 3.63) is 0 Å². The van der Waals surface area contributed by atoms with E-state index in [1.165, 1.54) is 12.2 Å². The van der Waals surface area contributed by atoms with Crippen molar-refractivity contribution in [1.29, 1.82) is 0 Å². The van der Waals surface area contributed by atoms with Crippen LogP contribution in [0.4, 0.5) is 0 Å². The molecule has 0 amide bonds. The number of hydrogen-bond donors (Lipinski definition) is 1. The Labute approximate surface area is 53.1 Å². The van der Waals surface area contributed by atoms with E-state index < -0.39 is 0 Å². The average Bonchev–Trinajstić information content (AvgIpc) is 1.94. The first kappa shape index (κ1) is 6.35. The van der Waals surface area contributed by atoms with Crippen LogP contribution in [0, 0.1) is 0 Å². The zero-order chi connectivity index (χ0) is 5.82. The Hall–Kier alpha value is 0.230. The quantitative estimate of drug-likeness (QED) is 0.388. The molecule has 1 unspecified atom stereocenters. The first-order chi connectivity index (χ1) is 3.89. The smallest absolute Gasteiger partial charge is 0.116 e. The van der Waals surface area contributed by atoms with Crippen LogP contribution in [-0.4, -0.2) is 19.4 Å². The lowest BCUT2D eigenvalue weighted by Gasteiger charge is -2.05. The van der Waals surface area contributed by atoms with Crippen molar-refractivity contribution in [2.45, 2.75) is 13.2 Å². The maximum absolute atomic E-state index is 5.15. The summed E-state index contributed by atoms with van der Waals surface area (Å²) < 4.78 is 13.0. The Bertz CT molecular complexity index is 63.1. The summed E-state index contributed by atoms with van der Waals surface area (Å²) in [6.07, 6.45) is 0.113. The SMILES string of the molecule is CC1NSOCCO1. The Kier molecular flexibility index (Phi) is 2.62. The molecule has 3 nitrogen and oxygen atoms in total. The number of hydrogen-bond acceptors (Lipinski definition) is 4. The number of rotatable bonds is 0. The molecule has 0 aromatic heterocycles. The molecule has 1 aliphatic heterocycles. The van der Waals surface area contributed by atoms with Crippen LogP contribution in [0.1, 0.15) is 6.92 Å². The lowest BCUT2D eigenvalue weighted by molar-refractivity contribution is 0.0564. The van der Waals surface area contributed by atoms with Crippen molar-refractivity contribution in [2.75, 3.05) is 13.2 Å². The minimum atomic E-state index is 0.113. The first-order valence-electron chi connectivity index (χ1n) is 2.55. The van der Waals surface area contributed by atoms with Gasteiger partial charge in [-0.3, -0.25) is 4.18 Å². The zero-order valence-electron chi connectivity index (χ0n) is 4.72. The van der Waals surface area contributed by atoms with E-state index in [-0.39, 0.29) is 6.23 Å². The maximum atomic E-state index is 5.15. The van der Waals surface area contributed by atoms with Crippen molar-refractivity contribution in [3.8, 4) is 0 Å². The van der Waals surface area contributed by atoms with Crippen LogP contribution in [0.5, 0.6) is 0 Å². The van der Waals surface area contributed by atoms with E-state index in [1.54, 1.807) is 0 Å². The van der Waals surface area contributed by atoms with E-state index >= 15 is 0 Å². The van der Waals surface area contributed by atoms with Crippen LogP contribution in [0.3, 0.4) is 0 Å². The summed E-state index contributed by atoms with van der Waals surface area (Å²) in [6.45, 7) is 3.30. The molecule has 0 aliphatic carbocycles. The molecule has 1 saturated heterocycles. The van der Waals surface area contributed by atoms with Crippen molar-refractivity contribution < 1.29 is 8.92 Å². The van der Waals surface area contributed by atoms with Crippen LogP contribution in [0.15, 0.2) is 0 Å². The van der Waals surface area contributed by atoms with Gasteiger partial charge in [0.2, 0.25) is 0 Å². The average molecular weight is 135 g/mol. The van der Waals surface area contributed by atoms with Crippen molar-refractivity contribution >= 4 is 12.2 Å². The highest BCUT2D eigenvalue weighted by molar-refractivity contribution is 7.92. The van der Waals surface area contributed by atoms with Gasteiger partial charge in [-0.15, -0.1) is 0 Å². The summed E-state index contributed by atoms with van der Waals surface area (Å²) in [5, 5.41) is 0. The lowest BCUT2D eigenvalue weighted by Crippen LogP contribution is -2.20. The number of ether oxygens (including phenoxy) is 1. The number of nitrogens with one attached hydrogen (secondary N) is 1. The summed E-state index contributed by atoms with van der Waals surface area (Å²) in [5.41, 5.74) is 0. The molecule has 4 heteroatoms. The van der Waals surface area contributed by atoms with E-state index in [9.17, 15) is 0 Å². The van der Waals surface area contributed by atoms with Crippen molar-refractivity contribution in [3.63, 3.8) is 0 Å². The fourth-order valence-electron chi connectivity index (χ4n) is 0.436. The van der Waals surface area contributed by atoms with E-state index in [1.807, 2.05) is 6.92 Å². The van der Waals surface area contributed by atoms with Crippen LogP contribution < -0.4 is 4.72 Å². The second-order valence-electron chi connectivity index (χ2n) is 1.54. The van der Waals surface area contributed by atoms with Crippen LogP contribution >= 0.6 is 12.2 Å². The Morgan fingerprint density at radius 3 is 3.38 bits per heavy atom. The molecule has 1 rings (SSSR count). The van der Waals surface area contributed by atoms with Crippen LogP contribution in [0.25, 0.3) is 0 Å². The predicted octanol–water partition coefficient (Wildman–Crippen LogP) is 0.532. The van der Waals surface area contributed by atoms with E-state index in [0.29, 0.717) is 13.2 Å². The monoisotopic (exact) mass is 135 g/mol. The van der Waals surface area contributed by atoms with Gasteiger partial charge in [0.15, 0.2) is 0 Å². The molecule has 0 spiro atoms. The van der Waals surface area contributed by atoms with Gasteiger partial charge in [-0.25, -0.2) is 4.72 Å². The van der Waals surface area contributed by atoms with Gasteiger partial charge in [-0.05, 0) is 6.92 Å². The molecular weight excluding hydrogens is 126 g/mol. The highest BCUT2D eigenvalue weighted by atomic mass is 32.2. The van der Waals surface area contributed by atoms with Gasteiger partial charge < -0.3 is 4.74 Å². The van der Waals surface area contributed by atoms with Gasteiger partial charge in [0, 0.05) is 0 Å². The standard InChI is InChI=1S/C4H9NO2S/c1-4-5-8-7-3-2-6-4/h4-5H,2-3H2,1H3. The third-order valence-corrected chi connectivity index (χ3v) is 1.52. The highest BCUT2D eigenvalue weighted by Crippen LogP contribution is 2.03. The summed E-state index contributed by atoms with van der Waals surface area (Å²) >= 11 is 1.25. The largest absolute Gasteiger partial charge is 0.360 e. The fraction of sp³-hybridized carbons (Fsp3) is 1.00. The van der Waals surface area contributed by atoms with Gasteiger partial charge in [-0.2, -0.15) is 0 Å². The van der Waals surface area contributed by atoms with E-state index in [4.69, 9.17) is 8.92 Å². The normalized spacial score (nSPS) is 31.9. The van der Waals surface area contributed by atoms with Crippen molar-refractivity contribution in [2.24, 2.45) is 0 Å². The summed E-state index contributed by atoms with van der Waals surface area (Å²) in [5.74, 6) is 0. The molecule has 8 heavy (non-hydrogen) atoms. The van der Waals surface area contributed by atoms with Crippen LogP contribution in [-0.2, 0) is 8.92 Å². The zero-order valence-corrected chi connectivity index (χ0v) is 5.53. The molecule has 1 fully saturated rings. The molecule has 0 aromatic carbocycles. The third-order valence-electron chi connectivity index (χ3n) is 0.808. The van der Waals surface area contributed by atoms with Crippen molar-refractivity contribution in [1.82, 2.24) is 4.72 Å². The second-order valence-corrected chi connectivity index (χ2v) is 2.17. The minimum absolute atomic E-state index is 0.113. The summed E-state index contributed by atoms with van der Waals surface area (Å²) in [7, 11) is 0. The van der Waals surface area contributed by atoms with E-state index in [2.05, 4.69) is 4.72 Å². The Morgan fingerprint density at radius 1 is 1.62 bits per heavy atom. The minimum Gasteiger partial charge on any atom is -0.360 e. The highest BCUT2D eigenvalue weighted by Gasteiger charge is 2.04. The first-order valence-corrected chi connectivity index (χ1v) is 3.29. The summed E-state index contributed by atoms with van der Waals surface area (Å²) in [4.78, 5) is 0. The van der Waals surface area contributed by atoms with Gasteiger partial charge in [-0.1, -0.05) is 0 Å². The van der Waals surface area contributed by atoms with Gasteiger partial charge in [0.25, 0.3) is 0 Å². The molecule has 1 heterocycles. The molecule has 1 aliphatic rings. The van der Waals surface area contributed by atoms with Crippen LogP contribution in [0.2, 0.25) is 0 Å². The lowest BCUT2D eigenvalue weighted by atomic mass is 10.7. The maximum Gasteiger partial charge on any atom is 0.116 e. The Balaban J connectivity index is 2.17. The molecule has 1 N–H and O–H groups in total.